The van der Waals surface area contributed by atoms with Crippen molar-refractivity contribution in [2.24, 2.45) is 29.1 Å². The van der Waals surface area contributed by atoms with Gasteiger partial charge in [0.15, 0.2) is 23.3 Å². The lowest BCUT2D eigenvalue weighted by atomic mass is 9.58. The van der Waals surface area contributed by atoms with Crippen molar-refractivity contribution in [1.82, 2.24) is 4.98 Å². The Hall–Kier alpha value is -3.25. The summed E-state index contributed by atoms with van der Waals surface area (Å²) in [6.07, 6.45) is 9.64. The minimum atomic E-state index is -2.32. The van der Waals surface area contributed by atoms with E-state index in [1.807, 2.05) is 0 Å². The molecule has 4 aliphatic rings. The van der Waals surface area contributed by atoms with Crippen molar-refractivity contribution >= 4 is 11.8 Å². The number of amides is 1. The molecule has 0 saturated heterocycles. The zero-order valence-corrected chi connectivity index (χ0v) is 28.8. The number of carbonyl (C=O) groups excluding carboxylic acids is 1. The fraction of sp³-hybridized carbons (Fsp3) is 0.632. The minimum Gasteiger partial charge on any atom is -0.448 e. The zero-order chi connectivity index (χ0) is 36.1. The summed E-state index contributed by atoms with van der Waals surface area (Å²) >= 11 is 0. The molecular weight excluding hydrogens is 659 g/mol. The van der Waals surface area contributed by atoms with Crippen molar-refractivity contribution in [2.45, 2.75) is 122 Å². The van der Waals surface area contributed by atoms with Gasteiger partial charge in [-0.05, 0) is 111 Å². The van der Waals surface area contributed by atoms with Crippen LogP contribution in [0.25, 0.3) is 0 Å². The molecular formula is C38H47F5N2O5. The molecule has 0 bridgehead atoms. The first kappa shape index (κ1) is 36.5. The monoisotopic (exact) mass is 706 g/mol. The molecule has 12 heteroatoms. The van der Waals surface area contributed by atoms with Crippen LogP contribution in [0.15, 0.2) is 34.5 Å². The summed E-state index contributed by atoms with van der Waals surface area (Å²) in [6.45, 7) is 10.4. The van der Waals surface area contributed by atoms with E-state index >= 15 is 0 Å². The van der Waals surface area contributed by atoms with Crippen molar-refractivity contribution in [2.75, 3.05) is 5.32 Å². The number of fused-ring (bicyclic) bond motifs is 1. The van der Waals surface area contributed by atoms with Gasteiger partial charge in [-0.25, -0.2) is 31.7 Å². The van der Waals surface area contributed by atoms with Gasteiger partial charge < -0.3 is 19.4 Å². The fourth-order valence-corrected chi connectivity index (χ4v) is 9.62. The van der Waals surface area contributed by atoms with E-state index in [0.29, 0.717) is 73.4 Å². The van der Waals surface area contributed by atoms with Crippen molar-refractivity contribution in [3.63, 3.8) is 0 Å². The van der Waals surface area contributed by atoms with Gasteiger partial charge in [0.1, 0.15) is 18.1 Å². The van der Waals surface area contributed by atoms with Crippen molar-refractivity contribution in [3.8, 4) is 0 Å². The Balaban J connectivity index is 1.16. The van der Waals surface area contributed by atoms with Crippen LogP contribution < -0.4 is 5.32 Å². The highest BCUT2D eigenvalue weighted by atomic mass is 19.2. The van der Waals surface area contributed by atoms with Crippen molar-refractivity contribution in [1.29, 1.82) is 0 Å². The fourth-order valence-electron chi connectivity index (χ4n) is 9.62. The number of aliphatic hydroxyl groups excluding tert-OH is 2. The van der Waals surface area contributed by atoms with Gasteiger partial charge in [-0.15, -0.1) is 0 Å². The van der Waals surface area contributed by atoms with Crippen molar-refractivity contribution < 1.29 is 46.1 Å². The third kappa shape index (κ3) is 6.74. The maximum atomic E-state index is 14.4. The summed E-state index contributed by atoms with van der Waals surface area (Å²) in [5.74, 6) is -8.95. The Morgan fingerprint density at radius 2 is 1.76 bits per heavy atom. The molecule has 0 spiro atoms. The predicted octanol–water partition coefficient (Wildman–Crippen LogP) is 8.96. The molecule has 2 aromatic rings. The first-order valence-electron chi connectivity index (χ1n) is 17.8. The third-order valence-corrected chi connectivity index (χ3v) is 12.5. The van der Waals surface area contributed by atoms with E-state index in [1.54, 1.807) is 12.2 Å². The van der Waals surface area contributed by atoms with Gasteiger partial charge in [0.2, 0.25) is 11.7 Å². The van der Waals surface area contributed by atoms with Gasteiger partial charge in [0, 0.05) is 6.42 Å². The molecule has 50 heavy (non-hydrogen) atoms. The lowest BCUT2D eigenvalue weighted by Gasteiger charge is -2.47. The number of halogens is 5. The molecule has 1 unspecified atom stereocenters. The number of aryl methyl sites for hydroxylation is 1. The number of anilines is 1. The smallest absolute Gasteiger partial charge is 0.412 e. The lowest BCUT2D eigenvalue weighted by Crippen LogP contribution is -2.39. The Morgan fingerprint density at radius 1 is 1.08 bits per heavy atom. The molecule has 4 saturated carbocycles. The molecule has 4 aliphatic carbocycles. The first-order valence-corrected chi connectivity index (χ1v) is 17.8. The van der Waals surface area contributed by atoms with E-state index in [9.17, 15) is 37.0 Å². The van der Waals surface area contributed by atoms with Gasteiger partial charge in [0.25, 0.3) is 0 Å². The SMILES string of the molecule is C=C1/C(=C\CC2CCC[C@]3(C)[C@@H]([C@H](C)CC[C@@H](OC(=O)Nc4c(F)c(F)c(F)c(F)c4F)C4(c5nc(C)co5)CC4)CC[C@@H]23)C[C@@H](O)C[C@@H]1O. The maximum absolute atomic E-state index is 14.4. The van der Waals surface area contributed by atoms with Gasteiger partial charge in [-0.2, -0.15) is 0 Å². The van der Waals surface area contributed by atoms with E-state index in [-0.39, 0.29) is 11.3 Å². The largest absolute Gasteiger partial charge is 0.448 e. The summed E-state index contributed by atoms with van der Waals surface area (Å²) in [7, 11) is 0. The molecule has 274 valence electrons. The molecule has 0 radical (unpaired) electrons. The highest BCUT2D eigenvalue weighted by Gasteiger charge is 2.57. The quantitative estimate of drug-likeness (QED) is 0.130. The second-order valence-electron chi connectivity index (χ2n) is 15.5. The summed E-state index contributed by atoms with van der Waals surface area (Å²) in [4.78, 5) is 17.5. The molecule has 0 aliphatic heterocycles. The number of ether oxygens (including phenoxy) is 1. The van der Waals surface area contributed by atoms with E-state index in [2.05, 4.69) is 31.5 Å². The Bertz CT molecular complexity index is 1630. The van der Waals surface area contributed by atoms with E-state index in [1.165, 1.54) is 6.26 Å². The standard InChI is InChI=1S/C38H47F5N2O5/c1-19(25-10-11-26-22(6-5-13-37(25,26)4)8-9-23-16-24(46)17-27(47)21(23)3)7-12-28(38(14-15-38)35-44-20(2)18-49-35)50-36(48)45-34-32(42)30(40)29(39)31(41)33(34)43/h9,18-19,22,24-28,46-47H,3,5-8,10-17H2,1-2,4H3,(H,45,48)/b23-9-/t19-,22?,24-,25-,26+,27+,28-,37-/m1/s1. The molecule has 1 heterocycles. The van der Waals surface area contributed by atoms with Gasteiger partial charge in [-0.3, -0.25) is 5.32 Å². The molecule has 1 aromatic heterocycles. The Kier molecular flexibility index (Phi) is 10.3. The number of nitrogens with one attached hydrogen (secondary N) is 1. The van der Waals surface area contributed by atoms with Crippen LogP contribution in [0.4, 0.5) is 32.4 Å². The number of carbonyl (C=O) groups is 1. The number of oxazole rings is 1. The second kappa shape index (κ2) is 14.1. The average molecular weight is 707 g/mol. The molecule has 8 atom stereocenters. The van der Waals surface area contributed by atoms with Crippen LogP contribution in [0.1, 0.15) is 102 Å². The number of rotatable bonds is 10. The lowest BCUT2D eigenvalue weighted by molar-refractivity contribution is 0.0220. The number of aromatic nitrogens is 1. The van der Waals surface area contributed by atoms with Crippen molar-refractivity contribution in [3.05, 3.63) is 70.7 Å². The normalized spacial score (nSPS) is 31.0. The summed E-state index contributed by atoms with van der Waals surface area (Å²) in [5, 5.41) is 22.3. The number of nitrogens with zero attached hydrogens (tertiary/aromatic N) is 1. The minimum absolute atomic E-state index is 0.0971. The molecule has 3 N–H and O–H groups in total. The van der Waals surface area contributed by atoms with Crippen LogP contribution in [0.2, 0.25) is 0 Å². The number of hydrogen-bond donors (Lipinski definition) is 3. The first-order chi connectivity index (χ1) is 23.7. The molecule has 6 rings (SSSR count). The Morgan fingerprint density at radius 3 is 2.40 bits per heavy atom. The van der Waals surface area contributed by atoms with Crippen LogP contribution >= 0.6 is 0 Å². The summed E-state index contributed by atoms with van der Waals surface area (Å²) in [5.41, 5.74) is 0.159. The topological polar surface area (TPSA) is 105 Å². The molecule has 1 amide bonds. The summed E-state index contributed by atoms with van der Waals surface area (Å²) in [6, 6.07) is 0. The van der Waals surface area contributed by atoms with Gasteiger partial charge in [-0.1, -0.05) is 32.9 Å². The maximum Gasteiger partial charge on any atom is 0.412 e. The van der Waals surface area contributed by atoms with E-state index in [0.717, 1.165) is 44.1 Å². The molecule has 4 fully saturated rings. The van der Waals surface area contributed by atoms with Crippen LogP contribution in [-0.4, -0.2) is 39.6 Å². The van der Waals surface area contributed by atoms with E-state index in [4.69, 9.17) is 9.15 Å². The number of hydrogen-bond acceptors (Lipinski definition) is 6. The van der Waals surface area contributed by atoms with Crippen LogP contribution in [0.5, 0.6) is 0 Å². The highest BCUT2D eigenvalue weighted by molar-refractivity contribution is 5.85. The number of allylic oxidation sites excluding steroid dienone is 1. The summed E-state index contributed by atoms with van der Waals surface area (Å²) < 4.78 is 81.6. The highest BCUT2D eigenvalue weighted by Crippen LogP contribution is 2.61. The number of benzene rings is 1. The average Bonchev–Trinajstić information content (AvgIpc) is 3.63. The number of aliphatic hydroxyl groups is 2. The molecule has 7 nitrogen and oxygen atoms in total. The van der Waals surface area contributed by atoms with Crippen LogP contribution in [-0.2, 0) is 10.2 Å². The second-order valence-corrected chi connectivity index (χ2v) is 15.5. The van der Waals surface area contributed by atoms with Gasteiger partial charge in [0.05, 0.1) is 23.3 Å². The van der Waals surface area contributed by atoms with Crippen LogP contribution in [0.3, 0.4) is 0 Å². The van der Waals surface area contributed by atoms with Crippen LogP contribution in [0, 0.1) is 65.1 Å². The molecule has 1 aromatic carbocycles. The Labute approximate surface area is 289 Å². The third-order valence-electron chi connectivity index (χ3n) is 12.5. The van der Waals surface area contributed by atoms with E-state index < -0.39 is 64.6 Å². The zero-order valence-electron chi connectivity index (χ0n) is 28.8. The van der Waals surface area contributed by atoms with Gasteiger partial charge >= 0.3 is 6.09 Å². The predicted molar refractivity (Wildman–Crippen MR) is 175 cm³/mol.